The SMILES string of the molecule is Cc1cc(C)c(C)c(CC2(c3c(C)c(CC4=NCCN4)c(C)c(O)c3C(C)(C)C)NCCN2)c1C. The van der Waals surface area contributed by atoms with Gasteiger partial charge in [0.05, 0.1) is 12.2 Å². The summed E-state index contributed by atoms with van der Waals surface area (Å²) < 4.78 is 0. The van der Waals surface area contributed by atoms with E-state index in [1.165, 1.54) is 44.5 Å². The molecule has 0 aromatic heterocycles. The molecule has 4 N–H and O–H groups in total. The highest BCUT2D eigenvalue weighted by atomic mass is 16.3. The molecule has 0 amide bonds. The average Bonchev–Trinajstić information content (AvgIpc) is 3.47. The molecule has 35 heavy (non-hydrogen) atoms. The summed E-state index contributed by atoms with van der Waals surface area (Å²) in [6.45, 7) is 23.4. The van der Waals surface area contributed by atoms with Crippen LogP contribution in [-0.2, 0) is 23.9 Å². The molecule has 0 radical (unpaired) electrons. The lowest BCUT2D eigenvalue weighted by Gasteiger charge is -2.40. The molecule has 5 nitrogen and oxygen atoms in total. The number of amidine groups is 1. The number of aryl methyl sites for hydroxylation is 2. The Morgan fingerprint density at radius 2 is 1.46 bits per heavy atom. The molecule has 1 saturated heterocycles. The number of hydrogen-bond acceptors (Lipinski definition) is 5. The van der Waals surface area contributed by atoms with Gasteiger partial charge in [0, 0.05) is 38.0 Å². The maximum Gasteiger partial charge on any atom is 0.122 e. The van der Waals surface area contributed by atoms with Gasteiger partial charge in [0.1, 0.15) is 11.6 Å². The Hall–Kier alpha value is -2.37. The highest BCUT2D eigenvalue weighted by Gasteiger charge is 2.43. The number of phenols is 1. The largest absolute Gasteiger partial charge is 0.507 e. The zero-order valence-electron chi connectivity index (χ0n) is 23.2. The van der Waals surface area contributed by atoms with Crippen LogP contribution in [0.5, 0.6) is 5.75 Å². The van der Waals surface area contributed by atoms with E-state index in [0.717, 1.165) is 56.0 Å². The Labute approximate surface area is 211 Å². The van der Waals surface area contributed by atoms with Crippen molar-refractivity contribution >= 4 is 5.84 Å². The first-order chi connectivity index (χ1) is 16.4. The number of hydrogen-bond donors (Lipinski definition) is 4. The summed E-state index contributed by atoms with van der Waals surface area (Å²) in [5.41, 5.74) is 11.8. The van der Waals surface area contributed by atoms with E-state index in [2.05, 4.69) is 89.3 Å². The summed E-state index contributed by atoms with van der Waals surface area (Å²) in [6.07, 6.45) is 1.55. The van der Waals surface area contributed by atoms with E-state index in [9.17, 15) is 5.11 Å². The van der Waals surface area contributed by atoms with E-state index in [4.69, 9.17) is 0 Å². The third-order valence-corrected chi connectivity index (χ3v) is 8.33. The predicted octanol–water partition coefficient (Wildman–Crippen LogP) is 4.67. The predicted molar refractivity (Wildman–Crippen MR) is 147 cm³/mol. The van der Waals surface area contributed by atoms with Crippen LogP contribution in [0.15, 0.2) is 11.1 Å². The Morgan fingerprint density at radius 3 is 1.97 bits per heavy atom. The summed E-state index contributed by atoms with van der Waals surface area (Å²) in [5, 5.41) is 22.9. The van der Waals surface area contributed by atoms with E-state index >= 15 is 0 Å². The van der Waals surface area contributed by atoms with Crippen molar-refractivity contribution in [3.05, 3.63) is 61.7 Å². The first-order valence-electron chi connectivity index (χ1n) is 13.1. The van der Waals surface area contributed by atoms with Crippen LogP contribution in [0.25, 0.3) is 0 Å². The van der Waals surface area contributed by atoms with Crippen molar-refractivity contribution in [3.8, 4) is 5.75 Å². The maximum atomic E-state index is 11.7. The number of aromatic hydroxyl groups is 1. The second-order valence-corrected chi connectivity index (χ2v) is 11.7. The number of nitrogens with zero attached hydrogens (tertiary/aromatic N) is 1. The smallest absolute Gasteiger partial charge is 0.122 e. The Balaban J connectivity index is 1.99. The maximum absolute atomic E-state index is 11.7. The molecule has 2 aromatic carbocycles. The molecule has 0 atom stereocenters. The Kier molecular flexibility index (Phi) is 6.80. The minimum absolute atomic E-state index is 0.220. The van der Waals surface area contributed by atoms with Crippen LogP contribution in [0.3, 0.4) is 0 Å². The molecule has 2 aliphatic heterocycles. The molecule has 1 fully saturated rings. The van der Waals surface area contributed by atoms with Crippen LogP contribution in [0.4, 0.5) is 0 Å². The molecule has 4 rings (SSSR count). The molecule has 0 saturated carbocycles. The summed E-state index contributed by atoms with van der Waals surface area (Å²) in [5.74, 6) is 1.45. The van der Waals surface area contributed by atoms with Crippen LogP contribution in [0, 0.1) is 41.5 Å². The first kappa shape index (κ1) is 25.7. The lowest BCUT2D eigenvalue weighted by molar-refractivity contribution is 0.325. The van der Waals surface area contributed by atoms with Gasteiger partial charge in [-0.2, -0.15) is 0 Å². The summed E-state index contributed by atoms with van der Waals surface area (Å²) in [7, 11) is 0. The Morgan fingerprint density at radius 1 is 0.857 bits per heavy atom. The van der Waals surface area contributed by atoms with E-state index < -0.39 is 5.66 Å². The number of nitrogens with one attached hydrogen (secondary N) is 3. The Bertz CT molecular complexity index is 1150. The van der Waals surface area contributed by atoms with Gasteiger partial charge >= 0.3 is 0 Å². The second-order valence-electron chi connectivity index (χ2n) is 11.7. The lowest BCUT2D eigenvalue weighted by atomic mass is 9.72. The highest BCUT2D eigenvalue weighted by Crippen LogP contribution is 2.46. The molecule has 2 aromatic rings. The third-order valence-electron chi connectivity index (χ3n) is 8.33. The zero-order chi connectivity index (χ0) is 25.7. The van der Waals surface area contributed by atoms with Crippen molar-refractivity contribution in [1.82, 2.24) is 16.0 Å². The van der Waals surface area contributed by atoms with Gasteiger partial charge in [-0.3, -0.25) is 15.6 Å². The number of benzene rings is 2. The summed E-state index contributed by atoms with van der Waals surface area (Å²) in [4.78, 5) is 4.66. The molecule has 0 bridgehead atoms. The van der Waals surface area contributed by atoms with Gasteiger partial charge in [-0.25, -0.2) is 0 Å². The van der Waals surface area contributed by atoms with Crippen molar-refractivity contribution in [2.75, 3.05) is 26.2 Å². The molecule has 0 aliphatic carbocycles. The van der Waals surface area contributed by atoms with Gasteiger partial charge in [-0.05, 0) is 97.0 Å². The topological polar surface area (TPSA) is 68.7 Å². The normalized spacial score (nSPS) is 17.6. The van der Waals surface area contributed by atoms with Crippen molar-refractivity contribution < 1.29 is 5.11 Å². The zero-order valence-corrected chi connectivity index (χ0v) is 23.2. The van der Waals surface area contributed by atoms with E-state index in [0.29, 0.717) is 5.75 Å². The minimum atomic E-state index is -0.451. The molecule has 2 aliphatic rings. The quantitative estimate of drug-likeness (QED) is 0.506. The molecule has 0 unspecified atom stereocenters. The first-order valence-corrected chi connectivity index (χ1v) is 13.1. The molecule has 2 heterocycles. The van der Waals surface area contributed by atoms with Gasteiger partial charge in [0.2, 0.25) is 0 Å². The number of phenolic OH excluding ortho intramolecular Hbond substituents is 1. The summed E-state index contributed by atoms with van der Waals surface area (Å²) in [6, 6.07) is 2.30. The molecular weight excluding hydrogens is 432 g/mol. The van der Waals surface area contributed by atoms with Crippen LogP contribution in [-0.4, -0.2) is 37.1 Å². The second kappa shape index (κ2) is 9.25. The van der Waals surface area contributed by atoms with Gasteiger partial charge in [-0.15, -0.1) is 0 Å². The van der Waals surface area contributed by atoms with Crippen LogP contribution in [0.2, 0.25) is 0 Å². The number of aliphatic imine (C=N–C) groups is 1. The van der Waals surface area contributed by atoms with Crippen molar-refractivity contribution in [1.29, 1.82) is 0 Å². The van der Waals surface area contributed by atoms with E-state index in [1.807, 2.05) is 0 Å². The van der Waals surface area contributed by atoms with Crippen LogP contribution in [0.1, 0.15) is 76.4 Å². The van der Waals surface area contributed by atoms with E-state index in [-0.39, 0.29) is 5.41 Å². The fraction of sp³-hybridized carbons (Fsp3) is 0.567. The molecular formula is C30H44N4O. The van der Waals surface area contributed by atoms with Crippen molar-refractivity contribution in [2.45, 2.75) is 86.2 Å². The van der Waals surface area contributed by atoms with E-state index in [1.54, 1.807) is 0 Å². The fourth-order valence-corrected chi connectivity index (χ4v) is 6.16. The van der Waals surface area contributed by atoms with Gasteiger partial charge in [-0.1, -0.05) is 26.8 Å². The van der Waals surface area contributed by atoms with Gasteiger partial charge < -0.3 is 10.4 Å². The van der Waals surface area contributed by atoms with Gasteiger partial charge in [0.15, 0.2) is 0 Å². The van der Waals surface area contributed by atoms with Gasteiger partial charge in [0.25, 0.3) is 0 Å². The van der Waals surface area contributed by atoms with Crippen LogP contribution >= 0.6 is 0 Å². The average molecular weight is 477 g/mol. The summed E-state index contributed by atoms with van der Waals surface area (Å²) >= 11 is 0. The van der Waals surface area contributed by atoms with Crippen LogP contribution < -0.4 is 16.0 Å². The fourth-order valence-electron chi connectivity index (χ4n) is 6.16. The lowest BCUT2D eigenvalue weighted by Crippen LogP contribution is -2.50. The molecule has 0 spiro atoms. The minimum Gasteiger partial charge on any atom is -0.507 e. The third kappa shape index (κ3) is 4.49. The standard InChI is InChI=1S/C30H44N4O/c1-17-14-18(2)20(4)24(19(17)3)16-30(33-12-13-34-30)26-21(5)23(15-25-31-10-11-32-25)22(6)28(35)27(26)29(7,8)9/h14,33-35H,10-13,15-16H2,1-9H3,(H,31,32). The number of rotatable bonds is 5. The van der Waals surface area contributed by atoms with Crippen molar-refractivity contribution in [3.63, 3.8) is 0 Å². The monoisotopic (exact) mass is 476 g/mol. The van der Waals surface area contributed by atoms with Crippen molar-refractivity contribution in [2.24, 2.45) is 4.99 Å². The highest BCUT2D eigenvalue weighted by molar-refractivity contribution is 5.86. The molecule has 190 valence electrons. The molecule has 5 heteroatoms.